The summed E-state index contributed by atoms with van der Waals surface area (Å²) in [5.41, 5.74) is 1.04. The van der Waals surface area contributed by atoms with Gasteiger partial charge in [0.2, 0.25) is 0 Å². The van der Waals surface area contributed by atoms with Crippen LogP contribution in [0.25, 0.3) is 0 Å². The molecular weight excluding hydrogens is 320 g/mol. The van der Waals surface area contributed by atoms with E-state index in [9.17, 15) is 9.90 Å². The van der Waals surface area contributed by atoms with Gasteiger partial charge in [-0.15, -0.1) is 0 Å². The number of aryl methyl sites for hydroxylation is 1. The van der Waals surface area contributed by atoms with Crippen molar-refractivity contribution in [3.8, 4) is 11.5 Å². The molecule has 0 saturated carbocycles. The predicted molar refractivity (Wildman–Crippen MR) is 93.3 cm³/mol. The highest BCUT2D eigenvalue weighted by Gasteiger charge is 2.51. The highest BCUT2D eigenvalue weighted by Crippen LogP contribution is 2.48. The van der Waals surface area contributed by atoms with Gasteiger partial charge < -0.3 is 19.3 Å². The molecule has 132 valence electrons. The molecule has 2 atom stereocenters. The van der Waals surface area contributed by atoms with E-state index in [0.29, 0.717) is 24.3 Å². The topological polar surface area (TPSA) is 65.0 Å². The molecule has 0 aromatic heterocycles. The molecule has 2 aromatic carbocycles. The molecule has 0 bridgehead atoms. The molecule has 1 saturated heterocycles. The molecule has 5 heteroatoms. The summed E-state index contributed by atoms with van der Waals surface area (Å²) in [5, 5.41) is 10.0. The van der Waals surface area contributed by atoms with Crippen molar-refractivity contribution in [3.63, 3.8) is 0 Å². The fourth-order valence-corrected chi connectivity index (χ4v) is 3.50. The second-order valence-corrected chi connectivity index (χ2v) is 6.29. The van der Waals surface area contributed by atoms with Crippen molar-refractivity contribution >= 4 is 5.97 Å². The minimum atomic E-state index is -1.43. The lowest BCUT2D eigenvalue weighted by Crippen LogP contribution is -2.35. The van der Waals surface area contributed by atoms with Gasteiger partial charge in [-0.25, -0.2) is 4.79 Å². The van der Waals surface area contributed by atoms with E-state index in [1.165, 1.54) is 7.11 Å². The number of methoxy groups -OCH3 is 2. The summed E-state index contributed by atoms with van der Waals surface area (Å²) in [6.45, 7) is 2.23. The van der Waals surface area contributed by atoms with Crippen LogP contribution >= 0.6 is 0 Å². The first-order valence-electron chi connectivity index (χ1n) is 8.17. The predicted octanol–water partition coefficient (Wildman–Crippen LogP) is 3.50. The molecule has 5 nitrogen and oxygen atoms in total. The molecule has 0 radical (unpaired) electrons. The molecular formula is C20H22O5. The zero-order chi connectivity index (χ0) is 18.0. The Bertz CT molecular complexity index is 785. The molecule has 1 heterocycles. The van der Waals surface area contributed by atoms with E-state index in [1.54, 1.807) is 13.2 Å². The third kappa shape index (κ3) is 2.96. The van der Waals surface area contributed by atoms with Crippen LogP contribution in [0.4, 0.5) is 0 Å². The summed E-state index contributed by atoms with van der Waals surface area (Å²) in [7, 11) is 3.15. The number of carboxylic acid groups (broad SMARTS) is 1. The maximum Gasteiger partial charge on any atom is 0.340 e. The van der Waals surface area contributed by atoms with E-state index in [1.807, 2.05) is 43.3 Å². The van der Waals surface area contributed by atoms with Gasteiger partial charge in [0.05, 0.1) is 20.8 Å². The number of rotatable bonds is 5. The van der Waals surface area contributed by atoms with Gasteiger partial charge >= 0.3 is 5.97 Å². The number of aliphatic carboxylic acids is 1. The summed E-state index contributed by atoms with van der Waals surface area (Å²) < 4.78 is 16.8. The molecule has 2 aromatic rings. The van der Waals surface area contributed by atoms with Crippen LogP contribution in [0.15, 0.2) is 42.5 Å². The van der Waals surface area contributed by atoms with Crippen LogP contribution in [0.2, 0.25) is 0 Å². The maximum absolute atomic E-state index is 12.2. The number of carboxylic acids is 1. The average Bonchev–Trinajstić information content (AvgIpc) is 3.08. The minimum Gasteiger partial charge on any atom is -0.496 e. The van der Waals surface area contributed by atoms with Gasteiger partial charge in [0.15, 0.2) is 5.60 Å². The first kappa shape index (κ1) is 17.3. The molecule has 1 fully saturated rings. The number of para-hydroxylation sites is 1. The first-order valence-corrected chi connectivity index (χ1v) is 8.17. The van der Waals surface area contributed by atoms with Crippen molar-refractivity contribution in [3.05, 3.63) is 59.2 Å². The molecule has 1 unspecified atom stereocenters. The van der Waals surface area contributed by atoms with Crippen LogP contribution in [-0.2, 0) is 15.1 Å². The number of carbonyl (C=O) groups is 1. The molecule has 0 spiro atoms. The molecule has 1 aliphatic rings. The van der Waals surface area contributed by atoms with Crippen molar-refractivity contribution in [2.75, 3.05) is 20.8 Å². The van der Waals surface area contributed by atoms with Crippen LogP contribution in [0.5, 0.6) is 11.5 Å². The molecule has 0 aliphatic carbocycles. The van der Waals surface area contributed by atoms with Crippen LogP contribution in [0.3, 0.4) is 0 Å². The number of ether oxygens (including phenoxy) is 3. The highest BCUT2D eigenvalue weighted by atomic mass is 16.5. The normalized spacial score (nSPS) is 22.6. The average molecular weight is 342 g/mol. The van der Waals surface area contributed by atoms with Gasteiger partial charge in [0.25, 0.3) is 0 Å². The summed E-state index contributed by atoms with van der Waals surface area (Å²) in [4.78, 5) is 12.2. The van der Waals surface area contributed by atoms with Gasteiger partial charge in [0.1, 0.15) is 11.5 Å². The Balaban J connectivity index is 2.05. The van der Waals surface area contributed by atoms with E-state index in [0.717, 1.165) is 16.9 Å². The summed E-state index contributed by atoms with van der Waals surface area (Å²) in [6, 6.07) is 13.2. The van der Waals surface area contributed by atoms with Crippen molar-refractivity contribution in [2.45, 2.75) is 24.9 Å². The Morgan fingerprint density at radius 2 is 1.88 bits per heavy atom. The van der Waals surface area contributed by atoms with E-state index in [-0.39, 0.29) is 5.92 Å². The van der Waals surface area contributed by atoms with Crippen LogP contribution < -0.4 is 9.47 Å². The largest absolute Gasteiger partial charge is 0.496 e. The monoisotopic (exact) mass is 342 g/mol. The Kier molecular flexibility index (Phi) is 4.68. The number of hydrogen-bond acceptors (Lipinski definition) is 4. The first-order chi connectivity index (χ1) is 12.0. The van der Waals surface area contributed by atoms with Crippen LogP contribution in [0.1, 0.15) is 29.0 Å². The lowest BCUT2D eigenvalue weighted by molar-refractivity contribution is -0.161. The standard InChI is InChI=1S/C20H22O5/c1-13-8-9-18(24-3)16(10-13)20(19(21)22)11-14(12-25-20)15-6-4-5-7-17(15)23-2/h4-10,14H,11-12H2,1-3H3,(H,21,22)/t14-,20?/m1/s1. The lowest BCUT2D eigenvalue weighted by Gasteiger charge is -2.26. The van der Waals surface area contributed by atoms with Crippen molar-refractivity contribution in [1.82, 2.24) is 0 Å². The quantitative estimate of drug-likeness (QED) is 0.901. The second-order valence-electron chi connectivity index (χ2n) is 6.29. The fraction of sp³-hybridized carbons (Fsp3) is 0.350. The lowest BCUT2D eigenvalue weighted by atomic mass is 9.83. The fourth-order valence-electron chi connectivity index (χ4n) is 3.50. The Morgan fingerprint density at radius 1 is 1.16 bits per heavy atom. The van der Waals surface area contributed by atoms with Crippen LogP contribution in [0, 0.1) is 6.92 Å². The molecule has 25 heavy (non-hydrogen) atoms. The summed E-state index contributed by atoms with van der Waals surface area (Å²) >= 11 is 0. The number of hydrogen-bond donors (Lipinski definition) is 1. The summed E-state index contributed by atoms with van der Waals surface area (Å²) in [5.74, 6) is 0.188. The van der Waals surface area contributed by atoms with Gasteiger partial charge in [0, 0.05) is 17.9 Å². The van der Waals surface area contributed by atoms with E-state index in [2.05, 4.69) is 0 Å². The zero-order valence-electron chi connectivity index (χ0n) is 14.6. The van der Waals surface area contributed by atoms with Crippen LogP contribution in [-0.4, -0.2) is 31.9 Å². The van der Waals surface area contributed by atoms with Gasteiger partial charge in [-0.3, -0.25) is 0 Å². The van der Waals surface area contributed by atoms with E-state index < -0.39 is 11.6 Å². The van der Waals surface area contributed by atoms with Gasteiger partial charge in [-0.2, -0.15) is 0 Å². The second kappa shape index (κ2) is 6.76. The Hall–Kier alpha value is -2.53. The van der Waals surface area contributed by atoms with Gasteiger partial charge in [-0.05, 0) is 30.7 Å². The van der Waals surface area contributed by atoms with Crippen molar-refractivity contribution in [2.24, 2.45) is 0 Å². The molecule has 1 N–H and O–H groups in total. The zero-order valence-corrected chi connectivity index (χ0v) is 14.6. The van der Waals surface area contributed by atoms with Crippen molar-refractivity contribution < 1.29 is 24.1 Å². The minimum absolute atomic E-state index is 0.0718. The highest BCUT2D eigenvalue weighted by molar-refractivity contribution is 5.81. The summed E-state index contributed by atoms with van der Waals surface area (Å²) in [6.07, 6.45) is 0.322. The van der Waals surface area contributed by atoms with E-state index >= 15 is 0 Å². The maximum atomic E-state index is 12.2. The molecule has 1 aliphatic heterocycles. The number of benzene rings is 2. The van der Waals surface area contributed by atoms with E-state index in [4.69, 9.17) is 14.2 Å². The van der Waals surface area contributed by atoms with Gasteiger partial charge in [-0.1, -0.05) is 29.8 Å². The SMILES string of the molecule is COc1ccccc1[C@H]1COC(C(=O)O)(c2cc(C)ccc2OC)C1. The third-order valence-electron chi connectivity index (χ3n) is 4.78. The molecule has 0 amide bonds. The smallest absolute Gasteiger partial charge is 0.340 e. The Labute approximate surface area is 147 Å². The molecule has 3 rings (SSSR count). The Morgan fingerprint density at radius 3 is 2.56 bits per heavy atom. The van der Waals surface area contributed by atoms with Crippen molar-refractivity contribution in [1.29, 1.82) is 0 Å². The third-order valence-corrected chi connectivity index (χ3v) is 4.78.